The first-order valence-corrected chi connectivity index (χ1v) is 13.1. The van der Waals surface area contributed by atoms with Crippen molar-refractivity contribution in [1.82, 2.24) is 0 Å². The van der Waals surface area contributed by atoms with Crippen molar-refractivity contribution in [2.24, 2.45) is 5.41 Å². The maximum absolute atomic E-state index is 4.93. The molecule has 0 aliphatic heterocycles. The summed E-state index contributed by atoms with van der Waals surface area (Å²) in [7, 11) is 9.87. The summed E-state index contributed by atoms with van der Waals surface area (Å²) in [6.45, 7) is 13.7. The van der Waals surface area contributed by atoms with E-state index in [1.54, 1.807) is 0 Å². The van der Waals surface area contributed by atoms with Crippen molar-refractivity contribution in [2.75, 3.05) is 0 Å². The van der Waals surface area contributed by atoms with Crippen molar-refractivity contribution in [3.63, 3.8) is 0 Å². The van der Waals surface area contributed by atoms with Gasteiger partial charge in [-0.3, -0.25) is 0 Å². The number of halogens is 2. The van der Waals surface area contributed by atoms with Gasteiger partial charge in [-0.05, 0) is 27.5 Å². The molecule has 2 rings (SSSR count). The Morgan fingerprint density at radius 1 is 0.900 bits per heavy atom. The first-order valence-electron chi connectivity index (χ1n) is 6.78. The van der Waals surface area contributed by atoms with Crippen LogP contribution in [0, 0.1) is 11.8 Å². The molecule has 0 nitrogen and oxygen atoms in total. The first kappa shape index (κ1) is 18.5. The van der Waals surface area contributed by atoms with Crippen LogP contribution in [0.3, 0.4) is 0 Å². The predicted molar refractivity (Wildman–Crippen MR) is 87.7 cm³/mol. The van der Waals surface area contributed by atoms with Gasteiger partial charge in [-0.25, -0.2) is 0 Å². The summed E-state index contributed by atoms with van der Waals surface area (Å²) < 4.78 is 0. The van der Waals surface area contributed by atoms with Gasteiger partial charge in [-0.1, -0.05) is 71.4 Å². The molecule has 109 valence electrons. The summed E-state index contributed by atoms with van der Waals surface area (Å²) in [5, 5.41) is 0. The summed E-state index contributed by atoms with van der Waals surface area (Å²) >= 11 is -0.826. The molecule has 1 radical (unpaired) electrons. The summed E-state index contributed by atoms with van der Waals surface area (Å²) in [5.74, 6) is 0. The zero-order valence-electron chi connectivity index (χ0n) is 13.1. The van der Waals surface area contributed by atoms with Crippen molar-refractivity contribution in [3.05, 3.63) is 46.9 Å². The molecule has 0 saturated carbocycles. The van der Waals surface area contributed by atoms with E-state index in [4.69, 9.17) is 17.0 Å². The Balaban J connectivity index is 0.000000612. The third-order valence-corrected chi connectivity index (χ3v) is 3.42. The standard InChI is InChI=1S/C17H23.2ClH.Zr/c1-16(2,3)13-10-12-8-7-9-15(14(12)11-13)17(4,5)6;;;/h7-11H,1-6H3;2*1H;/q;;;+2/p-2. The Kier molecular flexibility index (Phi) is 6.58. The van der Waals surface area contributed by atoms with Gasteiger partial charge in [0.15, 0.2) is 0 Å². The van der Waals surface area contributed by atoms with E-state index in [-0.39, 0.29) is 10.8 Å². The molecule has 1 aliphatic carbocycles. The monoisotopic (exact) mass is 387 g/mol. The van der Waals surface area contributed by atoms with E-state index in [0.717, 1.165) is 0 Å². The number of fused-ring (bicyclic) bond motifs is 1. The molecule has 0 amide bonds. The van der Waals surface area contributed by atoms with Crippen LogP contribution in [0.1, 0.15) is 58.2 Å². The Morgan fingerprint density at radius 2 is 1.45 bits per heavy atom. The van der Waals surface area contributed by atoms with Crippen molar-refractivity contribution in [1.29, 1.82) is 0 Å². The molecule has 3 heteroatoms. The van der Waals surface area contributed by atoms with Crippen molar-refractivity contribution in [3.8, 4) is 0 Å². The molecule has 0 atom stereocenters. The van der Waals surface area contributed by atoms with E-state index in [0.29, 0.717) is 0 Å². The molecule has 0 saturated heterocycles. The number of benzene rings is 1. The Morgan fingerprint density at radius 3 is 1.90 bits per heavy atom. The van der Waals surface area contributed by atoms with Crippen LogP contribution < -0.4 is 0 Å². The van der Waals surface area contributed by atoms with Crippen LogP contribution in [0.15, 0.2) is 23.8 Å². The third kappa shape index (κ3) is 4.72. The third-order valence-electron chi connectivity index (χ3n) is 3.42. The second-order valence-corrected chi connectivity index (χ2v) is 10.9. The molecular weight excluding hydrogens is 366 g/mol. The van der Waals surface area contributed by atoms with Gasteiger partial charge >= 0.3 is 37.9 Å². The molecule has 0 unspecified atom stereocenters. The normalized spacial score (nSPS) is 14.1. The zero-order valence-corrected chi connectivity index (χ0v) is 17.1. The molecule has 20 heavy (non-hydrogen) atoms. The van der Waals surface area contributed by atoms with Gasteiger partial charge in [-0.15, -0.1) is 0 Å². The van der Waals surface area contributed by atoms with Gasteiger partial charge < -0.3 is 0 Å². The Bertz CT molecular complexity index is 491. The van der Waals surface area contributed by atoms with E-state index in [2.05, 4.69) is 72.2 Å². The van der Waals surface area contributed by atoms with E-state index in [1.807, 2.05) is 0 Å². The molecule has 1 aromatic carbocycles. The van der Waals surface area contributed by atoms with Gasteiger partial charge in [0, 0.05) is 6.42 Å². The summed E-state index contributed by atoms with van der Waals surface area (Å²) in [4.78, 5) is 0. The van der Waals surface area contributed by atoms with Crippen LogP contribution in [0.2, 0.25) is 0 Å². The van der Waals surface area contributed by atoms with Crippen LogP contribution in [0.4, 0.5) is 0 Å². The SMILES string of the molecule is CC(C)(C)C1=Cc2cccc(C(C)(C)C)c2[CH]1.[Cl][Zr][Cl]. The number of allylic oxidation sites excluding steroid dienone is 1. The summed E-state index contributed by atoms with van der Waals surface area (Å²) in [5.41, 5.74) is 6.12. The van der Waals surface area contributed by atoms with Gasteiger partial charge in [0.2, 0.25) is 0 Å². The van der Waals surface area contributed by atoms with E-state index in [9.17, 15) is 0 Å². The molecule has 0 N–H and O–H groups in total. The quantitative estimate of drug-likeness (QED) is 0.485. The fourth-order valence-electron chi connectivity index (χ4n) is 2.32. The van der Waals surface area contributed by atoms with Crippen LogP contribution in [-0.4, -0.2) is 0 Å². The number of rotatable bonds is 0. The average molecular weight is 390 g/mol. The van der Waals surface area contributed by atoms with Gasteiger partial charge in [0.1, 0.15) is 0 Å². The molecule has 0 fully saturated rings. The van der Waals surface area contributed by atoms with Crippen LogP contribution in [-0.2, 0) is 26.3 Å². The fourth-order valence-corrected chi connectivity index (χ4v) is 2.32. The topological polar surface area (TPSA) is 0 Å². The van der Waals surface area contributed by atoms with Gasteiger partial charge in [0.05, 0.1) is 0 Å². The molecule has 0 bridgehead atoms. The van der Waals surface area contributed by atoms with Crippen LogP contribution >= 0.6 is 17.0 Å². The fraction of sp³-hybridized carbons (Fsp3) is 0.471. The van der Waals surface area contributed by atoms with E-state index >= 15 is 0 Å². The van der Waals surface area contributed by atoms with Crippen molar-refractivity contribution in [2.45, 2.75) is 47.0 Å². The van der Waals surface area contributed by atoms with E-state index < -0.39 is 20.8 Å². The Labute approximate surface area is 142 Å². The average Bonchev–Trinajstić information content (AvgIpc) is 2.71. The number of hydrogen-bond donors (Lipinski definition) is 0. The van der Waals surface area contributed by atoms with Crippen molar-refractivity contribution >= 4 is 23.1 Å². The Hall–Kier alpha value is 0.423. The molecule has 0 spiro atoms. The maximum atomic E-state index is 4.93. The van der Waals surface area contributed by atoms with Crippen molar-refractivity contribution < 1.29 is 20.8 Å². The van der Waals surface area contributed by atoms with E-state index in [1.165, 1.54) is 22.3 Å². The first-order chi connectivity index (χ1) is 9.11. The second-order valence-electron chi connectivity index (χ2n) is 7.12. The molecule has 1 aromatic rings. The van der Waals surface area contributed by atoms with Crippen LogP contribution in [0.25, 0.3) is 6.08 Å². The van der Waals surface area contributed by atoms with Gasteiger partial charge in [-0.2, -0.15) is 0 Å². The zero-order chi connectivity index (χ0) is 15.6. The molecule has 1 aliphatic rings. The van der Waals surface area contributed by atoms with Gasteiger partial charge in [0.25, 0.3) is 0 Å². The number of hydrogen-bond acceptors (Lipinski definition) is 0. The molecule has 0 heterocycles. The summed E-state index contributed by atoms with van der Waals surface area (Å²) in [6, 6.07) is 6.66. The van der Waals surface area contributed by atoms with Crippen LogP contribution in [0.5, 0.6) is 0 Å². The molecular formula is C17H23Cl2Zr. The predicted octanol–water partition coefficient (Wildman–Crippen LogP) is 6.36. The summed E-state index contributed by atoms with van der Waals surface area (Å²) in [6.07, 6.45) is 4.71. The minimum atomic E-state index is -0.826. The molecule has 0 aromatic heterocycles. The minimum absolute atomic E-state index is 0.211. The second kappa shape index (κ2) is 7.12.